The molecule has 0 saturated carbocycles. The fraction of sp³-hybridized carbons (Fsp3) is 0.409. The molecule has 11 heteroatoms. The Hall–Kier alpha value is -2.69. The Morgan fingerprint density at radius 3 is 2.55 bits per heavy atom. The van der Waals surface area contributed by atoms with Gasteiger partial charge in [-0.25, -0.2) is 17.7 Å². The molecule has 1 aliphatic heterocycles. The zero-order valence-corrected chi connectivity index (χ0v) is 20.4. The maximum absolute atomic E-state index is 13.1. The van der Waals surface area contributed by atoms with E-state index >= 15 is 0 Å². The molecule has 178 valence electrons. The Morgan fingerprint density at radius 1 is 1.18 bits per heavy atom. The molecule has 0 aliphatic carbocycles. The van der Waals surface area contributed by atoms with Gasteiger partial charge in [-0.2, -0.15) is 4.98 Å². The molecule has 3 heterocycles. The highest BCUT2D eigenvalue weighted by atomic mass is 35.5. The van der Waals surface area contributed by atoms with Crippen LogP contribution in [0.5, 0.6) is 5.75 Å². The van der Waals surface area contributed by atoms with Crippen molar-refractivity contribution < 1.29 is 13.2 Å². The number of hydrogen-bond acceptors (Lipinski definition) is 7. The third kappa shape index (κ3) is 4.97. The summed E-state index contributed by atoms with van der Waals surface area (Å²) in [6, 6.07) is 9.25. The predicted octanol–water partition coefficient (Wildman–Crippen LogP) is 2.65. The number of ether oxygens (including phenoxy) is 1. The van der Waals surface area contributed by atoms with Gasteiger partial charge in [0.15, 0.2) is 0 Å². The molecule has 1 N–H and O–H groups in total. The SMILES string of the molecule is CCS(=O)(=O)N1CCC(Nc2ncc3cc(-c4ccccc4OC)c(=O)n(C)c3n2)CC1.Cl. The normalized spacial score (nSPS) is 15.2. The molecule has 4 rings (SSSR count). The number of methoxy groups -OCH3 is 1. The van der Waals surface area contributed by atoms with Crippen molar-refractivity contribution in [1.29, 1.82) is 0 Å². The largest absolute Gasteiger partial charge is 0.496 e. The standard InChI is InChI=1S/C22H27N5O4S.ClH/c1-4-32(29,30)27-11-9-16(10-12-27)24-22-23-14-15-13-18(21(28)26(2)20(15)25-22)17-7-5-6-8-19(17)31-3;/h5-8,13-14,16H,4,9-12H2,1-3H3,(H,23,24,25);1H. The van der Waals surface area contributed by atoms with Crippen LogP contribution in [0.2, 0.25) is 0 Å². The summed E-state index contributed by atoms with van der Waals surface area (Å²) >= 11 is 0. The van der Waals surface area contributed by atoms with E-state index in [0.717, 1.165) is 5.39 Å². The van der Waals surface area contributed by atoms with Gasteiger partial charge >= 0.3 is 0 Å². The highest BCUT2D eigenvalue weighted by Crippen LogP contribution is 2.29. The molecule has 1 aromatic carbocycles. The molecule has 0 atom stereocenters. The van der Waals surface area contributed by atoms with Crippen LogP contribution in [0.4, 0.5) is 5.95 Å². The van der Waals surface area contributed by atoms with Gasteiger partial charge in [-0.15, -0.1) is 12.4 Å². The van der Waals surface area contributed by atoms with Gasteiger partial charge in [-0.05, 0) is 31.9 Å². The second-order valence-electron chi connectivity index (χ2n) is 7.81. The van der Waals surface area contributed by atoms with Gasteiger partial charge in [0.25, 0.3) is 5.56 Å². The monoisotopic (exact) mass is 493 g/mol. The first-order chi connectivity index (χ1) is 15.3. The van der Waals surface area contributed by atoms with Crippen LogP contribution < -0.4 is 15.6 Å². The Kier molecular flexibility index (Phi) is 7.61. The first-order valence-corrected chi connectivity index (χ1v) is 12.2. The van der Waals surface area contributed by atoms with Crippen molar-refractivity contribution >= 4 is 39.4 Å². The Labute approximate surface area is 199 Å². The quantitative estimate of drug-likeness (QED) is 0.562. The van der Waals surface area contributed by atoms with Gasteiger partial charge in [0.2, 0.25) is 16.0 Å². The molecule has 1 aliphatic rings. The number of anilines is 1. The lowest BCUT2D eigenvalue weighted by atomic mass is 10.1. The number of piperidine rings is 1. The molecular formula is C22H28ClN5O4S. The number of rotatable bonds is 6. The summed E-state index contributed by atoms with van der Waals surface area (Å²) in [7, 11) is 0.104. The van der Waals surface area contributed by atoms with E-state index in [2.05, 4.69) is 15.3 Å². The van der Waals surface area contributed by atoms with Gasteiger partial charge in [-0.3, -0.25) is 9.36 Å². The summed E-state index contributed by atoms with van der Waals surface area (Å²) < 4.78 is 32.6. The number of para-hydroxylation sites is 1. The van der Waals surface area contributed by atoms with Crippen LogP contribution in [0.3, 0.4) is 0 Å². The molecule has 0 bridgehead atoms. The molecule has 1 saturated heterocycles. The van der Waals surface area contributed by atoms with Crippen LogP contribution in [0, 0.1) is 0 Å². The Balaban J connectivity index is 0.00000306. The van der Waals surface area contributed by atoms with E-state index < -0.39 is 10.0 Å². The number of halogens is 1. The zero-order valence-electron chi connectivity index (χ0n) is 18.8. The summed E-state index contributed by atoms with van der Waals surface area (Å²) in [5.74, 6) is 1.16. The molecule has 3 aromatic rings. The zero-order chi connectivity index (χ0) is 22.9. The minimum Gasteiger partial charge on any atom is -0.496 e. The Bertz CT molecular complexity index is 1300. The molecule has 2 aromatic heterocycles. The molecule has 0 amide bonds. The minimum absolute atomic E-state index is 0. The lowest BCUT2D eigenvalue weighted by Crippen LogP contribution is -2.43. The number of fused-ring (bicyclic) bond motifs is 1. The second-order valence-corrected chi connectivity index (χ2v) is 10.1. The molecule has 33 heavy (non-hydrogen) atoms. The molecule has 0 unspecified atom stereocenters. The minimum atomic E-state index is -3.16. The van der Waals surface area contributed by atoms with E-state index in [0.29, 0.717) is 54.4 Å². The summed E-state index contributed by atoms with van der Waals surface area (Å²) in [6.07, 6.45) is 3.04. The summed E-state index contributed by atoms with van der Waals surface area (Å²) in [6.45, 7) is 2.61. The van der Waals surface area contributed by atoms with Crippen molar-refractivity contribution in [2.45, 2.75) is 25.8 Å². The van der Waals surface area contributed by atoms with Gasteiger partial charge in [-0.1, -0.05) is 18.2 Å². The van der Waals surface area contributed by atoms with Gasteiger partial charge in [0, 0.05) is 43.3 Å². The number of benzene rings is 1. The highest BCUT2D eigenvalue weighted by molar-refractivity contribution is 7.89. The molecule has 0 spiro atoms. The van der Waals surface area contributed by atoms with Crippen LogP contribution >= 0.6 is 12.4 Å². The average molecular weight is 494 g/mol. The topological polar surface area (TPSA) is 106 Å². The molecule has 9 nitrogen and oxygen atoms in total. The predicted molar refractivity (Wildman–Crippen MR) is 132 cm³/mol. The van der Waals surface area contributed by atoms with Crippen LogP contribution in [-0.4, -0.2) is 59.3 Å². The van der Waals surface area contributed by atoms with Crippen molar-refractivity contribution in [2.75, 3.05) is 31.3 Å². The van der Waals surface area contributed by atoms with Crippen molar-refractivity contribution in [3.8, 4) is 16.9 Å². The third-order valence-electron chi connectivity index (χ3n) is 5.89. The maximum Gasteiger partial charge on any atom is 0.259 e. The molecule has 1 fully saturated rings. The van der Waals surface area contributed by atoms with E-state index in [1.54, 1.807) is 33.3 Å². The highest BCUT2D eigenvalue weighted by Gasteiger charge is 2.27. The number of aryl methyl sites for hydroxylation is 1. The first-order valence-electron chi connectivity index (χ1n) is 10.6. The fourth-order valence-corrected chi connectivity index (χ4v) is 5.15. The van der Waals surface area contributed by atoms with Crippen molar-refractivity contribution in [1.82, 2.24) is 18.8 Å². The third-order valence-corrected chi connectivity index (χ3v) is 7.77. The maximum atomic E-state index is 13.1. The summed E-state index contributed by atoms with van der Waals surface area (Å²) in [5.41, 5.74) is 1.58. The summed E-state index contributed by atoms with van der Waals surface area (Å²) in [4.78, 5) is 22.1. The van der Waals surface area contributed by atoms with Gasteiger partial charge < -0.3 is 10.1 Å². The summed E-state index contributed by atoms with van der Waals surface area (Å²) in [5, 5.41) is 4.03. The van der Waals surface area contributed by atoms with E-state index in [1.165, 1.54) is 8.87 Å². The first kappa shape index (κ1) is 24.9. The second kappa shape index (κ2) is 10.1. The van der Waals surface area contributed by atoms with Crippen molar-refractivity contribution in [3.63, 3.8) is 0 Å². The van der Waals surface area contributed by atoms with Crippen LogP contribution in [-0.2, 0) is 17.1 Å². The lowest BCUT2D eigenvalue weighted by Gasteiger charge is -2.31. The number of nitrogens with one attached hydrogen (secondary N) is 1. The van der Waals surface area contributed by atoms with Gasteiger partial charge in [0.1, 0.15) is 11.4 Å². The van der Waals surface area contributed by atoms with E-state index in [4.69, 9.17) is 4.74 Å². The average Bonchev–Trinajstić information content (AvgIpc) is 2.82. The van der Waals surface area contributed by atoms with Crippen molar-refractivity contribution in [2.24, 2.45) is 7.05 Å². The molecule has 0 radical (unpaired) electrons. The Morgan fingerprint density at radius 2 is 1.88 bits per heavy atom. The molecular weight excluding hydrogens is 466 g/mol. The van der Waals surface area contributed by atoms with E-state index in [9.17, 15) is 13.2 Å². The smallest absolute Gasteiger partial charge is 0.259 e. The number of aromatic nitrogens is 3. The van der Waals surface area contributed by atoms with E-state index in [1.807, 2.05) is 24.3 Å². The van der Waals surface area contributed by atoms with Crippen LogP contribution in [0.25, 0.3) is 22.2 Å². The van der Waals surface area contributed by atoms with Crippen LogP contribution in [0.15, 0.2) is 41.3 Å². The van der Waals surface area contributed by atoms with Crippen LogP contribution in [0.1, 0.15) is 19.8 Å². The van der Waals surface area contributed by atoms with Crippen molar-refractivity contribution in [3.05, 3.63) is 46.9 Å². The number of sulfonamides is 1. The number of nitrogens with zero attached hydrogens (tertiary/aromatic N) is 4. The number of pyridine rings is 1. The fourth-order valence-electron chi connectivity index (χ4n) is 4.02. The number of hydrogen-bond donors (Lipinski definition) is 1. The van der Waals surface area contributed by atoms with E-state index in [-0.39, 0.29) is 29.8 Å². The lowest BCUT2D eigenvalue weighted by molar-refractivity contribution is 0.329. The van der Waals surface area contributed by atoms with Gasteiger partial charge in [0.05, 0.1) is 18.4 Å².